The fraction of sp³-hybridized carbons (Fsp3) is 0.105. The molecule has 0 aliphatic rings. The van der Waals surface area contributed by atoms with Gasteiger partial charge in [0.05, 0.1) is 22.7 Å². The second kappa shape index (κ2) is 6.23. The maximum Gasteiger partial charge on any atom is 0.118 e. The number of aromatic nitrogens is 1. The predicted molar refractivity (Wildman–Crippen MR) is 98.0 cm³/mol. The van der Waals surface area contributed by atoms with Gasteiger partial charge in [-0.15, -0.1) is 0 Å². The molecular weight excluding hydrogens is 329 g/mol. The van der Waals surface area contributed by atoms with E-state index in [0.29, 0.717) is 15.8 Å². The Balaban J connectivity index is 2.36. The number of aryl methyl sites for hydroxylation is 1. The summed E-state index contributed by atoms with van der Waals surface area (Å²) in [5, 5.41) is 2.07. The van der Waals surface area contributed by atoms with Crippen molar-refractivity contribution < 1.29 is 4.74 Å². The smallest absolute Gasteiger partial charge is 0.118 e. The van der Waals surface area contributed by atoms with E-state index in [4.69, 9.17) is 27.9 Å². The molecule has 0 amide bonds. The van der Waals surface area contributed by atoms with Crippen LogP contribution in [0.2, 0.25) is 10.0 Å². The zero-order valence-corrected chi connectivity index (χ0v) is 14.4. The molecule has 2 aromatic carbocycles. The largest absolute Gasteiger partial charge is 0.497 e. The molecule has 0 fully saturated rings. The summed E-state index contributed by atoms with van der Waals surface area (Å²) in [6, 6.07) is 11.6. The number of fused-ring (bicyclic) bond motifs is 1. The Labute approximate surface area is 145 Å². The molecule has 3 aromatic rings. The van der Waals surface area contributed by atoms with E-state index in [1.165, 1.54) is 0 Å². The molecule has 1 aromatic heterocycles. The van der Waals surface area contributed by atoms with Crippen molar-refractivity contribution in [2.45, 2.75) is 6.92 Å². The Morgan fingerprint density at radius 1 is 1.17 bits per heavy atom. The van der Waals surface area contributed by atoms with Gasteiger partial charge in [-0.3, -0.25) is 4.98 Å². The number of halogens is 2. The highest BCUT2D eigenvalue weighted by Gasteiger charge is 2.14. The SMILES string of the molecule is C=C(OC)c1ccc2ncc(C)c(-c3cccc(Cl)c3Cl)c2c1. The third-order valence-corrected chi connectivity index (χ3v) is 4.67. The van der Waals surface area contributed by atoms with Crippen LogP contribution >= 0.6 is 23.2 Å². The zero-order valence-electron chi connectivity index (χ0n) is 12.9. The third kappa shape index (κ3) is 2.80. The molecular formula is C19H15Cl2NO. The van der Waals surface area contributed by atoms with E-state index < -0.39 is 0 Å². The third-order valence-electron chi connectivity index (χ3n) is 3.85. The molecule has 3 rings (SSSR count). The van der Waals surface area contributed by atoms with Crippen molar-refractivity contribution in [3.63, 3.8) is 0 Å². The lowest BCUT2D eigenvalue weighted by Gasteiger charge is -2.14. The highest BCUT2D eigenvalue weighted by atomic mass is 35.5. The Bertz CT molecular complexity index is 919. The van der Waals surface area contributed by atoms with Crippen molar-refractivity contribution in [3.8, 4) is 11.1 Å². The highest BCUT2D eigenvalue weighted by Crippen LogP contribution is 2.39. The summed E-state index contributed by atoms with van der Waals surface area (Å²) >= 11 is 12.6. The van der Waals surface area contributed by atoms with Gasteiger partial charge in [-0.25, -0.2) is 0 Å². The Morgan fingerprint density at radius 3 is 2.70 bits per heavy atom. The fourth-order valence-electron chi connectivity index (χ4n) is 2.64. The first-order chi connectivity index (χ1) is 11.0. The van der Waals surface area contributed by atoms with Crippen LogP contribution in [-0.2, 0) is 4.74 Å². The van der Waals surface area contributed by atoms with Gasteiger partial charge in [-0.2, -0.15) is 0 Å². The van der Waals surface area contributed by atoms with Gasteiger partial charge in [0.1, 0.15) is 5.76 Å². The van der Waals surface area contributed by atoms with Crippen molar-refractivity contribution in [2.24, 2.45) is 0 Å². The minimum absolute atomic E-state index is 0.533. The van der Waals surface area contributed by atoms with Gasteiger partial charge in [-0.05, 0) is 42.3 Å². The number of methoxy groups -OCH3 is 1. The Kier molecular flexibility index (Phi) is 4.29. The molecule has 0 radical (unpaired) electrons. The van der Waals surface area contributed by atoms with Crippen LogP contribution in [-0.4, -0.2) is 12.1 Å². The summed E-state index contributed by atoms with van der Waals surface area (Å²) < 4.78 is 5.24. The van der Waals surface area contributed by atoms with Crippen LogP contribution < -0.4 is 0 Å². The molecule has 0 aliphatic heterocycles. The quantitative estimate of drug-likeness (QED) is 0.533. The first-order valence-corrected chi connectivity index (χ1v) is 7.85. The van der Waals surface area contributed by atoms with Crippen LogP contribution in [0, 0.1) is 6.92 Å². The van der Waals surface area contributed by atoms with E-state index in [2.05, 4.69) is 11.6 Å². The van der Waals surface area contributed by atoms with E-state index >= 15 is 0 Å². The monoisotopic (exact) mass is 343 g/mol. The van der Waals surface area contributed by atoms with Crippen molar-refractivity contribution in [2.75, 3.05) is 7.11 Å². The summed E-state index contributed by atoms with van der Waals surface area (Å²) in [6.45, 7) is 5.93. The number of ether oxygens (including phenoxy) is 1. The highest BCUT2D eigenvalue weighted by molar-refractivity contribution is 6.44. The van der Waals surface area contributed by atoms with E-state index in [9.17, 15) is 0 Å². The minimum atomic E-state index is 0.533. The molecule has 1 heterocycles. The fourth-order valence-corrected chi connectivity index (χ4v) is 3.03. The van der Waals surface area contributed by atoms with Crippen molar-refractivity contribution in [1.29, 1.82) is 0 Å². The lowest BCUT2D eigenvalue weighted by Crippen LogP contribution is -1.93. The lowest BCUT2D eigenvalue weighted by atomic mass is 9.96. The van der Waals surface area contributed by atoms with E-state index in [0.717, 1.165) is 33.2 Å². The molecule has 2 nitrogen and oxygen atoms in total. The number of benzene rings is 2. The Hall–Kier alpha value is -2.03. The summed E-state index contributed by atoms with van der Waals surface area (Å²) in [4.78, 5) is 4.50. The van der Waals surface area contributed by atoms with Crippen LogP contribution in [0.5, 0.6) is 0 Å². The second-order valence-electron chi connectivity index (χ2n) is 5.28. The average Bonchev–Trinajstić information content (AvgIpc) is 2.56. The first-order valence-electron chi connectivity index (χ1n) is 7.10. The Morgan fingerprint density at radius 2 is 1.96 bits per heavy atom. The number of hydrogen-bond acceptors (Lipinski definition) is 2. The van der Waals surface area contributed by atoms with Crippen molar-refractivity contribution in [1.82, 2.24) is 4.98 Å². The first kappa shape index (κ1) is 15.9. The molecule has 23 heavy (non-hydrogen) atoms. The van der Waals surface area contributed by atoms with Gasteiger partial charge < -0.3 is 4.74 Å². The van der Waals surface area contributed by atoms with E-state index in [1.807, 2.05) is 43.5 Å². The van der Waals surface area contributed by atoms with Crippen molar-refractivity contribution >= 4 is 39.9 Å². The molecule has 0 bridgehead atoms. The van der Waals surface area contributed by atoms with Gasteiger partial charge >= 0.3 is 0 Å². The molecule has 0 atom stereocenters. The normalized spacial score (nSPS) is 10.8. The zero-order chi connectivity index (χ0) is 16.6. The molecule has 0 N–H and O–H groups in total. The number of hydrogen-bond donors (Lipinski definition) is 0. The molecule has 0 saturated carbocycles. The average molecular weight is 344 g/mol. The summed E-state index contributed by atoms with van der Waals surface area (Å²) in [7, 11) is 1.61. The lowest BCUT2D eigenvalue weighted by molar-refractivity contribution is 0.371. The van der Waals surface area contributed by atoms with Gasteiger partial charge in [0, 0.05) is 22.7 Å². The molecule has 0 aliphatic carbocycles. The van der Waals surface area contributed by atoms with Gasteiger partial charge in [-0.1, -0.05) is 41.9 Å². The molecule has 0 spiro atoms. The molecule has 0 unspecified atom stereocenters. The van der Waals surface area contributed by atoms with Crippen LogP contribution in [0.4, 0.5) is 0 Å². The summed E-state index contributed by atoms with van der Waals surface area (Å²) in [5.41, 5.74) is 4.74. The van der Waals surface area contributed by atoms with Crippen LogP contribution in [0.15, 0.2) is 49.2 Å². The maximum atomic E-state index is 6.44. The maximum absolute atomic E-state index is 6.44. The molecule has 0 saturated heterocycles. The topological polar surface area (TPSA) is 22.1 Å². The van der Waals surface area contributed by atoms with E-state index in [1.54, 1.807) is 13.2 Å². The predicted octanol–water partition coefficient (Wildman–Crippen LogP) is 6.13. The van der Waals surface area contributed by atoms with Crippen LogP contribution in [0.25, 0.3) is 27.8 Å². The number of rotatable bonds is 3. The standard InChI is InChI=1S/C19H15Cl2NO/c1-11-10-22-17-8-7-13(12(2)23-3)9-15(17)18(11)14-5-4-6-16(20)19(14)21/h4-10H,2H2,1,3H3. The summed E-state index contributed by atoms with van der Waals surface area (Å²) in [6.07, 6.45) is 1.85. The summed E-state index contributed by atoms with van der Waals surface area (Å²) in [5.74, 6) is 0.608. The molecule has 4 heteroatoms. The molecule has 116 valence electrons. The number of pyridine rings is 1. The van der Waals surface area contributed by atoms with Crippen LogP contribution in [0.3, 0.4) is 0 Å². The van der Waals surface area contributed by atoms with Gasteiger partial charge in [0.15, 0.2) is 0 Å². The van der Waals surface area contributed by atoms with Crippen molar-refractivity contribution in [3.05, 3.63) is 70.3 Å². The number of nitrogens with zero attached hydrogens (tertiary/aromatic N) is 1. The van der Waals surface area contributed by atoms with Gasteiger partial charge in [0.2, 0.25) is 0 Å². The van der Waals surface area contributed by atoms with Gasteiger partial charge in [0.25, 0.3) is 0 Å². The van der Waals surface area contributed by atoms with E-state index in [-0.39, 0.29) is 0 Å². The minimum Gasteiger partial charge on any atom is -0.497 e. The second-order valence-corrected chi connectivity index (χ2v) is 6.06. The van der Waals surface area contributed by atoms with Crippen LogP contribution in [0.1, 0.15) is 11.1 Å².